The van der Waals surface area contributed by atoms with Crippen molar-refractivity contribution < 1.29 is 32.7 Å². The SMILES string of the molecule is CCCC[C@H](NC(=O)[C@@H]1CCCN1C(=O)[C@@H](NC(=O)NC1([C@@H](C)S(=O)O)CCCCC1)C1(C)CCCCC1)C(=O)C(=O)NC1CC1. The predicted molar refractivity (Wildman–Crippen MR) is 175 cm³/mol. The third-order valence-electron chi connectivity index (χ3n) is 10.9. The van der Waals surface area contributed by atoms with Crippen LogP contribution in [0.25, 0.3) is 0 Å². The van der Waals surface area contributed by atoms with Crippen LogP contribution in [-0.2, 0) is 30.3 Å². The lowest BCUT2D eigenvalue weighted by molar-refractivity contribution is -0.144. The minimum absolute atomic E-state index is 0.0201. The molecule has 46 heavy (non-hydrogen) atoms. The van der Waals surface area contributed by atoms with Gasteiger partial charge in [-0.2, -0.15) is 0 Å². The molecule has 4 fully saturated rings. The fraction of sp³-hybridized carbons (Fsp3) is 0.848. The van der Waals surface area contributed by atoms with E-state index in [1.807, 2.05) is 13.8 Å². The molecule has 1 heterocycles. The van der Waals surface area contributed by atoms with Gasteiger partial charge in [0.25, 0.3) is 5.91 Å². The maximum absolute atomic E-state index is 14.4. The molecule has 4 aliphatic rings. The van der Waals surface area contributed by atoms with Crippen molar-refractivity contribution in [2.45, 2.75) is 165 Å². The van der Waals surface area contributed by atoms with Gasteiger partial charge >= 0.3 is 6.03 Å². The van der Waals surface area contributed by atoms with E-state index >= 15 is 0 Å². The number of unbranched alkanes of at least 4 members (excludes halogenated alkanes) is 1. The van der Waals surface area contributed by atoms with Gasteiger partial charge in [-0.05, 0) is 70.1 Å². The summed E-state index contributed by atoms with van der Waals surface area (Å²) in [5.41, 5.74) is -1.40. The number of likely N-dealkylation sites (tertiary alicyclic amines) is 1. The molecule has 260 valence electrons. The van der Waals surface area contributed by atoms with Crippen molar-refractivity contribution in [1.82, 2.24) is 26.2 Å². The molecule has 1 unspecified atom stereocenters. The molecule has 5 amide bonds. The van der Waals surface area contributed by atoms with E-state index in [2.05, 4.69) is 21.3 Å². The highest BCUT2D eigenvalue weighted by molar-refractivity contribution is 7.80. The zero-order valence-electron chi connectivity index (χ0n) is 27.9. The maximum atomic E-state index is 14.4. The summed E-state index contributed by atoms with van der Waals surface area (Å²) in [5, 5.41) is 10.9. The topological polar surface area (TPSA) is 174 Å². The normalized spacial score (nSPS) is 25.0. The van der Waals surface area contributed by atoms with Crippen LogP contribution in [0.1, 0.15) is 130 Å². The quantitative estimate of drug-likeness (QED) is 0.140. The van der Waals surface area contributed by atoms with E-state index in [4.69, 9.17) is 0 Å². The number of Topliss-reactive ketones (excluding diaryl/α,β-unsaturated/α-hetero) is 1. The average molecular weight is 666 g/mol. The van der Waals surface area contributed by atoms with Gasteiger partial charge in [0.2, 0.25) is 17.6 Å². The Hall–Kier alpha value is -2.54. The first-order valence-electron chi connectivity index (χ1n) is 17.5. The molecule has 13 heteroatoms. The summed E-state index contributed by atoms with van der Waals surface area (Å²) in [4.78, 5) is 69.0. The number of hydrogen-bond donors (Lipinski definition) is 5. The molecule has 0 radical (unpaired) electrons. The molecule has 0 aromatic carbocycles. The van der Waals surface area contributed by atoms with Gasteiger partial charge in [0.1, 0.15) is 12.1 Å². The molecule has 0 aromatic heterocycles. The molecule has 5 N–H and O–H groups in total. The highest BCUT2D eigenvalue weighted by atomic mass is 32.2. The van der Waals surface area contributed by atoms with Crippen molar-refractivity contribution in [3.63, 3.8) is 0 Å². The van der Waals surface area contributed by atoms with Gasteiger partial charge in [0, 0.05) is 12.6 Å². The van der Waals surface area contributed by atoms with E-state index in [9.17, 15) is 32.7 Å². The van der Waals surface area contributed by atoms with Gasteiger partial charge in [0.05, 0.1) is 16.8 Å². The van der Waals surface area contributed by atoms with E-state index in [1.54, 1.807) is 6.92 Å². The van der Waals surface area contributed by atoms with Gasteiger partial charge in [-0.15, -0.1) is 0 Å². The Morgan fingerprint density at radius 2 is 1.54 bits per heavy atom. The third-order valence-corrected chi connectivity index (χ3v) is 11.9. The van der Waals surface area contributed by atoms with Crippen molar-refractivity contribution in [3.8, 4) is 0 Å². The summed E-state index contributed by atoms with van der Waals surface area (Å²) in [5.74, 6) is -2.14. The maximum Gasteiger partial charge on any atom is 0.315 e. The van der Waals surface area contributed by atoms with Crippen LogP contribution >= 0.6 is 0 Å². The van der Waals surface area contributed by atoms with Gasteiger partial charge in [-0.3, -0.25) is 19.2 Å². The largest absolute Gasteiger partial charge is 0.347 e. The second kappa shape index (κ2) is 16.0. The Morgan fingerprint density at radius 1 is 0.913 bits per heavy atom. The molecule has 1 saturated heterocycles. The Labute approximate surface area is 276 Å². The lowest BCUT2D eigenvalue weighted by Crippen LogP contribution is -2.65. The van der Waals surface area contributed by atoms with Gasteiger partial charge in [-0.25, -0.2) is 9.00 Å². The fourth-order valence-electron chi connectivity index (χ4n) is 7.64. The van der Waals surface area contributed by atoms with Crippen molar-refractivity contribution in [2.24, 2.45) is 5.41 Å². The lowest BCUT2D eigenvalue weighted by atomic mass is 9.70. The number of urea groups is 1. The molecule has 5 atom stereocenters. The third kappa shape index (κ3) is 8.87. The van der Waals surface area contributed by atoms with Crippen LogP contribution in [-0.4, -0.2) is 84.7 Å². The van der Waals surface area contributed by atoms with Crippen molar-refractivity contribution >= 4 is 40.6 Å². The minimum Gasteiger partial charge on any atom is -0.347 e. The number of nitrogens with zero attached hydrogens (tertiary/aromatic N) is 1. The second-order valence-electron chi connectivity index (χ2n) is 14.4. The Kier molecular flexibility index (Phi) is 12.7. The minimum atomic E-state index is -2.13. The summed E-state index contributed by atoms with van der Waals surface area (Å²) < 4.78 is 22.1. The number of carbonyl (C=O) groups is 5. The molecule has 3 aliphatic carbocycles. The number of rotatable bonds is 14. The van der Waals surface area contributed by atoms with Crippen LogP contribution in [0.3, 0.4) is 0 Å². The molecule has 4 rings (SSSR count). The molecule has 0 spiro atoms. The van der Waals surface area contributed by atoms with Crippen LogP contribution < -0.4 is 21.3 Å². The molecule has 1 aliphatic heterocycles. The van der Waals surface area contributed by atoms with Crippen molar-refractivity contribution in [3.05, 3.63) is 0 Å². The first-order chi connectivity index (χ1) is 21.9. The van der Waals surface area contributed by atoms with Crippen LogP contribution in [0.5, 0.6) is 0 Å². The summed E-state index contributed by atoms with van der Waals surface area (Å²) >= 11 is -2.13. The summed E-state index contributed by atoms with van der Waals surface area (Å²) in [6.07, 6.45) is 12.6. The molecule has 12 nitrogen and oxygen atoms in total. The average Bonchev–Trinajstić information content (AvgIpc) is 3.71. The van der Waals surface area contributed by atoms with Crippen LogP contribution in [0.4, 0.5) is 4.79 Å². The highest BCUT2D eigenvalue weighted by Gasteiger charge is 2.48. The number of amides is 5. The zero-order valence-corrected chi connectivity index (χ0v) is 28.7. The standard InChI is InChI=1S/C33H55N5O7S/c1-4-5-13-24(26(39)29(41)34-23-15-16-23)35-28(40)25-14-12-21-38(25)30(42)27(32(3)17-8-6-9-18-32)36-31(43)37-33(22(2)46(44)45)19-10-7-11-20-33/h22-25,27H,4-21H2,1-3H3,(H,34,41)(H,35,40)(H,44,45)(H2,36,37,43)/t22-,24+,25+,27-/m1/s1. The van der Waals surface area contributed by atoms with Crippen molar-refractivity contribution in [1.29, 1.82) is 0 Å². The number of ketones is 1. The molecular formula is C33H55N5O7S. The Balaban J connectivity index is 1.51. The lowest BCUT2D eigenvalue weighted by Gasteiger charge is -2.44. The Bertz CT molecular complexity index is 1150. The van der Waals surface area contributed by atoms with E-state index in [1.165, 1.54) is 4.90 Å². The first-order valence-corrected chi connectivity index (χ1v) is 18.7. The molecule has 0 bridgehead atoms. The fourth-order valence-corrected chi connectivity index (χ4v) is 8.32. The summed E-state index contributed by atoms with van der Waals surface area (Å²) in [6.45, 7) is 6.00. The van der Waals surface area contributed by atoms with Crippen LogP contribution in [0.15, 0.2) is 0 Å². The smallest absolute Gasteiger partial charge is 0.315 e. The van der Waals surface area contributed by atoms with E-state index in [0.29, 0.717) is 45.1 Å². The van der Waals surface area contributed by atoms with Gasteiger partial charge in [0.15, 0.2) is 11.1 Å². The number of hydrogen-bond acceptors (Lipinski definition) is 6. The van der Waals surface area contributed by atoms with E-state index < -0.39 is 69.0 Å². The molecular weight excluding hydrogens is 610 g/mol. The van der Waals surface area contributed by atoms with E-state index in [-0.39, 0.29) is 11.9 Å². The van der Waals surface area contributed by atoms with Crippen LogP contribution in [0.2, 0.25) is 0 Å². The van der Waals surface area contributed by atoms with E-state index in [0.717, 1.165) is 70.6 Å². The second-order valence-corrected chi connectivity index (χ2v) is 15.6. The molecule has 0 aromatic rings. The number of nitrogens with one attached hydrogen (secondary N) is 4. The van der Waals surface area contributed by atoms with Crippen molar-refractivity contribution in [2.75, 3.05) is 6.54 Å². The summed E-state index contributed by atoms with van der Waals surface area (Å²) in [7, 11) is 0. The molecule has 3 saturated carbocycles. The van der Waals surface area contributed by atoms with Crippen LogP contribution in [0, 0.1) is 5.41 Å². The zero-order chi connectivity index (χ0) is 33.5. The first kappa shape index (κ1) is 36.3. The summed E-state index contributed by atoms with van der Waals surface area (Å²) in [6, 6.07) is -3.22. The predicted octanol–water partition coefficient (Wildman–Crippen LogP) is 3.45. The monoisotopic (exact) mass is 665 g/mol. The number of carbonyl (C=O) groups excluding carboxylic acids is 5. The Morgan fingerprint density at radius 3 is 2.13 bits per heavy atom. The highest BCUT2D eigenvalue weighted by Crippen LogP contribution is 2.40. The van der Waals surface area contributed by atoms with Gasteiger partial charge in [-0.1, -0.05) is 65.2 Å². The van der Waals surface area contributed by atoms with Gasteiger partial charge < -0.3 is 30.7 Å².